The molecule has 0 saturated carbocycles. The lowest BCUT2D eigenvalue weighted by molar-refractivity contribution is -0.128. The van der Waals surface area contributed by atoms with Gasteiger partial charge in [-0.15, -0.1) is 0 Å². The highest BCUT2D eigenvalue weighted by Gasteiger charge is 2.46. The quantitative estimate of drug-likeness (QED) is 0.613. The minimum Gasteiger partial charge on any atom is -0.507 e. The monoisotopic (exact) mass is 527 g/mol. The number of phenols is 1. The number of benzene rings is 1. The predicted molar refractivity (Wildman–Crippen MR) is 136 cm³/mol. The van der Waals surface area contributed by atoms with E-state index in [1.165, 1.54) is 24.3 Å². The van der Waals surface area contributed by atoms with Crippen LogP contribution in [0.1, 0.15) is 16.8 Å². The van der Waals surface area contributed by atoms with Crippen molar-refractivity contribution in [3.05, 3.63) is 47.3 Å². The third-order valence-corrected chi connectivity index (χ3v) is 8.31. The molecular formula is C26H27ClFN5O4. The van der Waals surface area contributed by atoms with Crippen LogP contribution in [0.5, 0.6) is 11.5 Å². The molecule has 1 unspecified atom stereocenters. The van der Waals surface area contributed by atoms with Crippen molar-refractivity contribution in [2.75, 3.05) is 51.3 Å². The molecule has 3 atom stereocenters. The van der Waals surface area contributed by atoms with Crippen molar-refractivity contribution in [2.24, 2.45) is 0 Å². The number of aromatic hydroxyl groups is 1. The van der Waals surface area contributed by atoms with Crippen molar-refractivity contribution in [1.29, 1.82) is 0 Å². The van der Waals surface area contributed by atoms with E-state index in [4.69, 9.17) is 21.3 Å². The number of carbonyl (C=O) groups excluding carboxylic acids is 2. The van der Waals surface area contributed by atoms with E-state index in [0.29, 0.717) is 38.0 Å². The maximum Gasteiger partial charge on any atom is 0.261 e. The fourth-order valence-corrected chi connectivity index (χ4v) is 6.31. The van der Waals surface area contributed by atoms with Crippen LogP contribution >= 0.6 is 11.6 Å². The summed E-state index contributed by atoms with van der Waals surface area (Å²) in [4.78, 5) is 38.8. The molecule has 1 aromatic heterocycles. The van der Waals surface area contributed by atoms with Crippen LogP contribution in [0.4, 0.5) is 10.2 Å². The first-order valence-corrected chi connectivity index (χ1v) is 12.7. The Kier molecular flexibility index (Phi) is 5.76. The molecular weight excluding hydrogens is 501 g/mol. The number of anilines is 1. The van der Waals surface area contributed by atoms with Gasteiger partial charge in [0.05, 0.1) is 11.6 Å². The molecule has 6 rings (SSSR count). The molecule has 0 spiro atoms. The van der Waals surface area contributed by atoms with E-state index < -0.39 is 11.9 Å². The lowest BCUT2D eigenvalue weighted by atomic mass is 10.0. The zero-order valence-electron chi connectivity index (χ0n) is 20.4. The molecule has 2 aromatic rings. The molecule has 194 valence electrons. The van der Waals surface area contributed by atoms with Crippen LogP contribution in [0.15, 0.2) is 30.9 Å². The first kappa shape index (κ1) is 24.0. The van der Waals surface area contributed by atoms with Gasteiger partial charge in [0, 0.05) is 44.8 Å². The smallest absolute Gasteiger partial charge is 0.261 e. The van der Waals surface area contributed by atoms with Crippen molar-refractivity contribution in [3.63, 3.8) is 0 Å². The minimum absolute atomic E-state index is 0.0262. The van der Waals surface area contributed by atoms with Crippen LogP contribution in [0.25, 0.3) is 11.3 Å². The largest absolute Gasteiger partial charge is 0.507 e. The molecule has 1 N–H and O–H groups in total. The summed E-state index contributed by atoms with van der Waals surface area (Å²) in [5.41, 5.74) is 0.128. The molecule has 3 fully saturated rings. The van der Waals surface area contributed by atoms with Crippen molar-refractivity contribution in [1.82, 2.24) is 19.7 Å². The van der Waals surface area contributed by atoms with Gasteiger partial charge >= 0.3 is 0 Å². The number of aromatic nitrogens is 1. The summed E-state index contributed by atoms with van der Waals surface area (Å²) in [6.45, 7) is 6.12. The summed E-state index contributed by atoms with van der Waals surface area (Å²) in [5.74, 6) is -0.969. The maximum atomic E-state index is 15.0. The predicted octanol–water partition coefficient (Wildman–Crippen LogP) is 2.37. The molecule has 3 saturated heterocycles. The fraction of sp³-hybridized carbons (Fsp3) is 0.423. The van der Waals surface area contributed by atoms with Crippen LogP contribution in [-0.4, -0.2) is 101 Å². The third-order valence-electron chi connectivity index (χ3n) is 7.95. The van der Waals surface area contributed by atoms with Gasteiger partial charge in [-0.25, -0.2) is 9.37 Å². The van der Waals surface area contributed by atoms with E-state index in [-0.39, 0.29) is 57.8 Å². The summed E-state index contributed by atoms with van der Waals surface area (Å²) < 4.78 is 21.2. The second-order valence-corrected chi connectivity index (χ2v) is 10.4. The van der Waals surface area contributed by atoms with Crippen LogP contribution in [0.2, 0.25) is 5.02 Å². The molecule has 2 bridgehead atoms. The van der Waals surface area contributed by atoms with E-state index in [1.807, 2.05) is 0 Å². The van der Waals surface area contributed by atoms with Crippen molar-refractivity contribution in [2.45, 2.75) is 24.5 Å². The fourth-order valence-electron chi connectivity index (χ4n) is 6.02. The zero-order chi connectivity index (χ0) is 26.0. The van der Waals surface area contributed by atoms with E-state index >= 15 is 0 Å². The Morgan fingerprint density at radius 2 is 2.00 bits per heavy atom. The maximum absolute atomic E-state index is 15.0. The average Bonchev–Trinajstić information content (AvgIpc) is 3.42. The molecule has 0 radical (unpaired) electrons. The summed E-state index contributed by atoms with van der Waals surface area (Å²) in [6, 6.07) is 4.04. The van der Waals surface area contributed by atoms with Crippen LogP contribution in [0, 0.1) is 5.82 Å². The van der Waals surface area contributed by atoms with Gasteiger partial charge < -0.3 is 24.5 Å². The van der Waals surface area contributed by atoms with Crippen molar-refractivity contribution >= 4 is 29.2 Å². The van der Waals surface area contributed by atoms with Gasteiger partial charge in [-0.1, -0.05) is 24.2 Å². The number of hydrogen-bond acceptors (Lipinski definition) is 7. The molecule has 2 amide bonds. The van der Waals surface area contributed by atoms with Gasteiger partial charge in [-0.05, 0) is 31.7 Å². The van der Waals surface area contributed by atoms with Gasteiger partial charge in [0.15, 0.2) is 5.75 Å². The van der Waals surface area contributed by atoms with E-state index in [0.717, 1.165) is 13.0 Å². The standard InChI is InChI=1S/C26H27ClFN5O4/c1-3-19(35)31-7-8-32-16(11-31)13-37-24-21(26(32)36)25(33-12-14-9-15(33)10-30(14)2)29-23(22(24)27)20-17(28)5-4-6-18(20)34/h3-6,14-16,34H,1,7-13H2,2H3/t14?,15-,16+/m0/s1. The van der Waals surface area contributed by atoms with Crippen LogP contribution < -0.4 is 9.64 Å². The normalized spacial score (nSPS) is 25.0. The van der Waals surface area contributed by atoms with Crippen molar-refractivity contribution < 1.29 is 23.8 Å². The number of nitrogens with zero attached hydrogens (tertiary/aromatic N) is 5. The van der Waals surface area contributed by atoms with Crippen LogP contribution in [-0.2, 0) is 4.79 Å². The molecule has 5 heterocycles. The Morgan fingerprint density at radius 1 is 1.19 bits per heavy atom. The number of fused-ring (bicyclic) bond motifs is 4. The number of amides is 2. The Bertz CT molecular complexity index is 1300. The number of halogens is 2. The highest BCUT2D eigenvalue weighted by Crippen LogP contribution is 2.47. The number of likely N-dealkylation sites (tertiary alicyclic amines) is 1. The number of rotatable bonds is 3. The minimum atomic E-state index is -0.682. The van der Waals surface area contributed by atoms with E-state index in [1.54, 1.807) is 9.80 Å². The second kappa shape index (κ2) is 8.88. The molecule has 0 aliphatic carbocycles. The summed E-state index contributed by atoms with van der Waals surface area (Å²) in [7, 11) is 2.07. The number of piperazine rings is 2. The van der Waals surface area contributed by atoms with Crippen molar-refractivity contribution in [3.8, 4) is 22.8 Å². The van der Waals surface area contributed by atoms with E-state index in [9.17, 15) is 19.1 Å². The topological polar surface area (TPSA) is 89.5 Å². The Hall–Kier alpha value is -3.37. The van der Waals surface area contributed by atoms with Gasteiger partial charge in [0.25, 0.3) is 5.91 Å². The highest BCUT2D eigenvalue weighted by molar-refractivity contribution is 6.35. The molecule has 4 aliphatic heterocycles. The summed E-state index contributed by atoms with van der Waals surface area (Å²) in [6.07, 6.45) is 2.19. The first-order chi connectivity index (χ1) is 17.8. The lowest BCUT2D eigenvalue weighted by Crippen LogP contribution is -2.57. The van der Waals surface area contributed by atoms with Gasteiger partial charge in [0.1, 0.15) is 40.3 Å². The average molecular weight is 528 g/mol. The second-order valence-electron chi connectivity index (χ2n) is 10.0. The number of ether oxygens (including phenoxy) is 1. The molecule has 9 nitrogen and oxygen atoms in total. The number of phenolic OH excluding ortho intramolecular Hbond substituents is 1. The molecule has 11 heteroatoms. The molecule has 1 aromatic carbocycles. The molecule has 37 heavy (non-hydrogen) atoms. The SMILES string of the molecule is C=CC(=O)N1CCN2C(=O)c3c(N4CC5C[C@H]4CN5C)nc(-c4c(O)cccc4F)c(Cl)c3OC[C@H]2C1. The number of pyridine rings is 1. The Labute approximate surface area is 218 Å². The highest BCUT2D eigenvalue weighted by atomic mass is 35.5. The van der Waals surface area contributed by atoms with E-state index in [2.05, 4.69) is 23.4 Å². The van der Waals surface area contributed by atoms with Crippen LogP contribution in [0.3, 0.4) is 0 Å². The summed E-state index contributed by atoms with van der Waals surface area (Å²) in [5, 5.41) is 10.5. The van der Waals surface area contributed by atoms with Gasteiger partial charge in [-0.3, -0.25) is 14.5 Å². The van der Waals surface area contributed by atoms with Gasteiger partial charge in [0.2, 0.25) is 5.91 Å². The Morgan fingerprint density at radius 3 is 2.68 bits per heavy atom. The number of likely N-dealkylation sites (N-methyl/N-ethyl adjacent to an activating group) is 1. The lowest BCUT2D eigenvalue weighted by Gasteiger charge is -2.40. The first-order valence-electron chi connectivity index (χ1n) is 12.3. The number of carbonyl (C=O) groups is 2. The zero-order valence-corrected chi connectivity index (χ0v) is 21.1. The third kappa shape index (κ3) is 3.73. The number of hydrogen-bond donors (Lipinski definition) is 1. The molecule has 4 aliphatic rings. The summed E-state index contributed by atoms with van der Waals surface area (Å²) >= 11 is 6.78. The van der Waals surface area contributed by atoms with Gasteiger partial charge in [-0.2, -0.15) is 0 Å². The Balaban J connectivity index is 1.50.